The number of alkyl halides is 3. The van der Waals surface area contributed by atoms with Gasteiger partial charge in [0.1, 0.15) is 6.61 Å². The van der Waals surface area contributed by atoms with E-state index in [1.165, 1.54) is 0 Å². The summed E-state index contributed by atoms with van der Waals surface area (Å²) in [5.74, 6) is -0.240. The number of benzene rings is 2. The van der Waals surface area contributed by atoms with Gasteiger partial charge in [0.15, 0.2) is 0 Å². The van der Waals surface area contributed by atoms with Crippen molar-refractivity contribution in [1.29, 1.82) is 0 Å². The van der Waals surface area contributed by atoms with Crippen LogP contribution in [0.5, 0.6) is 0 Å². The van der Waals surface area contributed by atoms with Gasteiger partial charge in [-0.25, -0.2) is 0 Å². The Bertz CT molecular complexity index is 694. The quantitative estimate of drug-likeness (QED) is 0.828. The molecule has 3 nitrogen and oxygen atoms in total. The van der Waals surface area contributed by atoms with E-state index in [-0.39, 0.29) is 18.6 Å². The lowest BCUT2D eigenvalue weighted by atomic mass is 10.1. The Hall–Kier alpha value is -2.34. The van der Waals surface area contributed by atoms with Gasteiger partial charge in [-0.3, -0.25) is 4.79 Å². The van der Waals surface area contributed by atoms with Crippen molar-refractivity contribution in [2.45, 2.75) is 32.7 Å². The summed E-state index contributed by atoms with van der Waals surface area (Å²) in [7, 11) is 0. The maximum atomic E-state index is 12.3. The molecule has 0 saturated carbocycles. The molecule has 2 aromatic rings. The Morgan fingerprint density at radius 3 is 2.24 bits per heavy atom. The largest absolute Gasteiger partial charge is 0.411 e. The zero-order chi connectivity index (χ0) is 18.4. The molecule has 1 N–H and O–H groups in total. The zero-order valence-electron chi connectivity index (χ0n) is 14.1. The highest BCUT2D eigenvalue weighted by molar-refractivity contribution is 5.94. The first kappa shape index (κ1) is 19.0. The monoisotopic (exact) mass is 351 g/mol. The van der Waals surface area contributed by atoms with Gasteiger partial charge in [-0.05, 0) is 37.1 Å². The second-order valence-corrected chi connectivity index (χ2v) is 5.91. The van der Waals surface area contributed by atoms with Crippen molar-refractivity contribution in [2.24, 2.45) is 0 Å². The first-order chi connectivity index (χ1) is 11.7. The molecule has 0 radical (unpaired) electrons. The number of aryl methyl sites for hydroxylation is 1. The van der Waals surface area contributed by atoms with Crippen LogP contribution in [0.4, 0.5) is 13.2 Å². The Kier molecular flexibility index (Phi) is 6.20. The van der Waals surface area contributed by atoms with E-state index in [2.05, 4.69) is 10.1 Å². The molecule has 1 unspecified atom stereocenters. The highest BCUT2D eigenvalue weighted by Gasteiger charge is 2.27. The number of carbonyl (C=O) groups excluding carboxylic acids is 1. The van der Waals surface area contributed by atoms with Crippen molar-refractivity contribution >= 4 is 5.91 Å². The standard InChI is InChI=1S/C19H20F3NO2/c1-13-3-7-16(8-4-13)14(2)23-18(24)17-9-5-15(6-10-17)11-25-12-19(20,21)22/h3-10,14H,11-12H2,1-2H3,(H,23,24). The maximum Gasteiger partial charge on any atom is 0.411 e. The van der Waals surface area contributed by atoms with Crippen molar-refractivity contribution in [2.75, 3.05) is 6.61 Å². The van der Waals surface area contributed by atoms with Crippen LogP contribution in [0.3, 0.4) is 0 Å². The topological polar surface area (TPSA) is 38.3 Å². The average molecular weight is 351 g/mol. The normalized spacial score (nSPS) is 12.7. The van der Waals surface area contributed by atoms with Crippen LogP contribution in [0, 0.1) is 6.92 Å². The number of halogens is 3. The molecule has 0 fully saturated rings. The Labute approximate surface area is 144 Å². The van der Waals surface area contributed by atoms with E-state index in [0.29, 0.717) is 11.1 Å². The number of carbonyl (C=O) groups is 1. The minimum Gasteiger partial charge on any atom is -0.367 e. The fourth-order valence-corrected chi connectivity index (χ4v) is 2.26. The van der Waals surface area contributed by atoms with Gasteiger partial charge in [0, 0.05) is 5.56 Å². The third kappa shape index (κ3) is 6.23. The van der Waals surface area contributed by atoms with Gasteiger partial charge >= 0.3 is 6.18 Å². The van der Waals surface area contributed by atoms with Crippen LogP contribution in [-0.2, 0) is 11.3 Å². The lowest BCUT2D eigenvalue weighted by Gasteiger charge is -2.15. The third-order valence-corrected chi connectivity index (χ3v) is 3.68. The summed E-state index contributed by atoms with van der Waals surface area (Å²) in [6.45, 7) is 2.44. The molecule has 0 aromatic heterocycles. The number of amides is 1. The minimum atomic E-state index is -4.34. The van der Waals surface area contributed by atoms with E-state index in [0.717, 1.165) is 11.1 Å². The van der Waals surface area contributed by atoms with E-state index in [4.69, 9.17) is 0 Å². The summed E-state index contributed by atoms with van der Waals surface area (Å²) in [5, 5.41) is 2.90. The minimum absolute atomic E-state index is 0.150. The summed E-state index contributed by atoms with van der Waals surface area (Å²) >= 11 is 0. The van der Waals surface area contributed by atoms with Crippen LogP contribution in [0.25, 0.3) is 0 Å². The molecular weight excluding hydrogens is 331 g/mol. The molecule has 0 heterocycles. The van der Waals surface area contributed by atoms with Crippen LogP contribution >= 0.6 is 0 Å². The van der Waals surface area contributed by atoms with Gasteiger partial charge in [-0.15, -0.1) is 0 Å². The molecule has 1 atom stereocenters. The average Bonchev–Trinajstić information content (AvgIpc) is 2.54. The van der Waals surface area contributed by atoms with Crippen LogP contribution < -0.4 is 5.32 Å². The number of ether oxygens (including phenoxy) is 1. The molecule has 0 spiro atoms. The summed E-state index contributed by atoms with van der Waals surface area (Å²) in [4.78, 5) is 12.3. The number of hydrogen-bond acceptors (Lipinski definition) is 2. The molecule has 0 saturated heterocycles. The molecule has 0 aliphatic rings. The highest BCUT2D eigenvalue weighted by Crippen LogP contribution is 2.17. The van der Waals surface area contributed by atoms with Crippen LogP contribution in [0.2, 0.25) is 0 Å². The smallest absolute Gasteiger partial charge is 0.367 e. The number of nitrogens with one attached hydrogen (secondary N) is 1. The lowest BCUT2D eigenvalue weighted by Crippen LogP contribution is -2.26. The van der Waals surface area contributed by atoms with Gasteiger partial charge in [0.25, 0.3) is 5.91 Å². The first-order valence-electron chi connectivity index (χ1n) is 7.85. The predicted octanol–water partition coefficient (Wildman–Crippen LogP) is 4.56. The van der Waals surface area contributed by atoms with Gasteiger partial charge in [-0.2, -0.15) is 13.2 Å². The van der Waals surface area contributed by atoms with E-state index < -0.39 is 12.8 Å². The molecule has 2 rings (SSSR count). The number of hydrogen-bond donors (Lipinski definition) is 1. The summed E-state index contributed by atoms with van der Waals surface area (Å²) in [6.07, 6.45) is -4.34. The van der Waals surface area contributed by atoms with Crippen LogP contribution in [0.15, 0.2) is 48.5 Å². The van der Waals surface area contributed by atoms with Crippen molar-refractivity contribution < 1.29 is 22.7 Å². The van der Waals surface area contributed by atoms with Crippen molar-refractivity contribution in [1.82, 2.24) is 5.32 Å². The van der Waals surface area contributed by atoms with E-state index in [1.54, 1.807) is 24.3 Å². The molecule has 2 aromatic carbocycles. The second kappa shape index (κ2) is 8.16. The van der Waals surface area contributed by atoms with Gasteiger partial charge in [-0.1, -0.05) is 42.0 Å². The van der Waals surface area contributed by atoms with Crippen molar-refractivity contribution in [3.63, 3.8) is 0 Å². The van der Waals surface area contributed by atoms with Crippen LogP contribution in [0.1, 0.15) is 40.0 Å². The molecule has 25 heavy (non-hydrogen) atoms. The third-order valence-electron chi connectivity index (χ3n) is 3.68. The predicted molar refractivity (Wildman–Crippen MR) is 89.2 cm³/mol. The van der Waals surface area contributed by atoms with E-state index >= 15 is 0 Å². The number of rotatable bonds is 6. The Morgan fingerprint density at radius 2 is 1.68 bits per heavy atom. The molecular formula is C19H20F3NO2. The van der Waals surface area contributed by atoms with Gasteiger partial charge in [0.2, 0.25) is 0 Å². The molecule has 134 valence electrons. The highest BCUT2D eigenvalue weighted by atomic mass is 19.4. The summed E-state index contributed by atoms with van der Waals surface area (Å²) in [6, 6.07) is 14.0. The SMILES string of the molecule is Cc1ccc(C(C)NC(=O)c2ccc(COCC(F)(F)F)cc2)cc1. The Balaban J connectivity index is 1.90. The molecule has 0 aliphatic carbocycles. The van der Waals surface area contributed by atoms with Gasteiger partial charge < -0.3 is 10.1 Å². The van der Waals surface area contributed by atoms with E-state index in [1.807, 2.05) is 38.1 Å². The van der Waals surface area contributed by atoms with E-state index in [9.17, 15) is 18.0 Å². The van der Waals surface area contributed by atoms with Crippen LogP contribution in [-0.4, -0.2) is 18.7 Å². The molecule has 0 bridgehead atoms. The first-order valence-corrected chi connectivity index (χ1v) is 7.85. The maximum absolute atomic E-state index is 12.3. The second-order valence-electron chi connectivity index (χ2n) is 5.91. The Morgan fingerprint density at radius 1 is 1.08 bits per heavy atom. The van der Waals surface area contributed by atoms with Crippen molar-refractivity contribution in [3.8, 4) is 0 Å². The summed E-state index contributed by atoms with van der Waals surface area (Å²) in [5.41, 5.74) is 3.16. The molecule has 6 heteroatoms. The fourth-order valence-electron chi connectivity index (χ4n) is 2.26. The molecule has 1 amide bonds. The van der Waals surface area contributed by atoms with Gasteiger partial charge in [0.05, 0.1) is 12.6 Å². The summed E-state index contributed by atoms with van der Waals surface area (Å²) < 4.78 is 40.7. The zero-order valence-corrected chi connectivity index (χ0v) is 14.1. The molecule has 0 aliphatic heterocycles. The fraction of sp³-hybridized carbons (Fsp3) is 0.316. The van der Waals surface area contributed by atoms with Crippen molar-refractivity contribution in [3.05, 3.63) is 70.8 Å². The lowest BCUT2D eigenvalue weighted by molar-refractivity contribution is -0.176.